The van der Waals surface area contributed by atoms with Gasteiger partial charge in [0.15, 0.2) is 5.58 Å². The molecule has 1 aliphatic rings. The van der Waals surface area contributed by atoms with Crippen LogP contribution in [0.5, 0.6) is 0 Å². The predicted octanol–water partition coefficient (Wildman–Crippen LogP) is 8.78. The molecular weight excluding hydrogens is 430 g/mol. The second kappa shape index (κ2) is 8.16. The van der Waals surface area contributed by atoms with E-state index >= 15 is 0 Å². The molecule has 4 nitrogen and oxygen atoms in total. The van der Waals surface area contributed by atoms with Gasteiger partial charge < -0.3 is 14.2 Å². The lowest BCUT2D eigenvalue weighted by Gasteiger charge is -2.29. The Hall–Kier alpha value is -3.79. The maximum atomic E-state index is 6.39. The van der Waals surface area contributed by atoms with E-state index in [2.05, 4.69) is 109 Å². The summed E-state index contributed by atoms with van der Waals surface area (Å²) >= 11 is 0. The number of fused-ring (bicyclic) bond motifs is 4. The first-order valence-electron chi connectivity index (χ1n) is 12.5. The van der Waals surface area contributed by atoms with Gasteiger partial charge in [0.2, 0.25) is 5.71 Å². The molecule has 176 valence electrons. The molecule has 0 fully saturated rings. The summed E-state index contributed by atoms with van der Waals surface area (Å²) in [6.45, 7) is 11.9. The standard InChI is InChI=1S/C31H31N3O/c1-19(2)22-10-8-11-23(20(3)4)29(22)34-18-33(26-13-6-7-14-27(26)34)28-15-9-12-24-25-17-16-21(5)32-31(25)35-30(24)28/h6-17,19-20H,18H2,1-5H3. The molecule has 0 spiro atoms. The van der Waals surface area contributed by atoms with Gasteiger partial charge in [0, 0.05) is 22.2 Å². The molecule has 6 rings (SSSR count). The molecule has 0 amide bonds. The Balaban J connectivity index is 1.56. The van der Waals surface area contributed by atoms with E-state index < -0.39 is 0 Å². The fourth-order valence-electron chi connectivity index (χ4n) is 5.40. The topological polar surface area (TPSA) is 32.5 Å². The highest BCUT2D eigenvalue weighted by molar-refractivity contribution is 6.09. The van der Waals surface area contributed by atoms with Crippen LogP contribution in [0.3, 0.4) is 0 Å². The quantitative estimate of drug-likeness (QED) is 0.268. The first kappa shape index (κ1) is 21.7. The van der Waals surface area contributed by atoms with Gasteiger partial charge in [0.1, 0.15) is 6.67 Å². The van der Waals surface area contributed by atoms with Crippen LogP contribution >= 0.6 is 0 Å². The molecule has 3 aromatic carbocycles. The molecule has 0 N–H and O–H groups in total. The van der Waals surface area contributed by atoms with Gasteiger partial charge in [-0.15, -0.1) is 0 Å². The second-order valence-electron chi connectivity index (χ2n) is 10.1. The molecule has 0 atom stereocenters. The summed E-state index contributed by atoms with van der Waals surface area (Å²) in [6.07, 6.45) is 0. The zero-order valence-electron chi connectivity index (χ0n) is 21.0. The summed E-state index contributed by atoms with van der Waals surface area (Å²) in [4.78, 5) is 9.53. The van der Waals surface area contributed by atoms with Crippen LogP contribution in [0, 0.1) is 6.92 Å². The van der Waals surface area contributed by atoms with Crippen molar-refractivity contribution in [2.45, 2.75) is 46.5 Å². The highest BCUT2D eigenvalue weighted by atomic mass is 16.3. The molecule has 0 unspecified atom stereocenters. The number of rotatable bonds is 4. The van der Waals surface area contributed by atoms with Crippen LogP contribution < -0.4 is 9.80 Å². The number of anilines is 4. The molecule has 0 radical (unpaired) electrons. The number of benzene rings is 3. The summed E-state index contributed by atoms with van der Waals surface area (Å²) < 4.78 is 6.39. The van der Waals surface area contributed by atoms with Gasteiger partial charge in [0.05, 0.1) is 17.1 Å². The third-order valence-electron chi connectivity index (χ3n) is 7.13. The van der Waals surface area contributed by atoms with Crippen LogP contribution in [0.15, 0.2) is 77.2 Å². The fraction of sp³-hybridized carbons (Fsp3) is 0.258. The van der Waals surface area contributed by atoms with Crippen molar-refractivity contribution in [2.24, 2.45) is 0 Å². The van der Waals surface area contributed by atoms with Crippen molar-refractivity contribution in [2.75, 3.05) is 16.5 Å². The van der Waals surface area contributed by atoms with Gasteiger partial charge in [-0.25, -0.2) is 4.98 Å². The Morgan fingerprint density at radius 1 is 0.686 bits per heavy atom. The van der Waals surface area contributed by atoms with Crippen molar-refractivity contribution in [3.63, 3.8) is 0 Å². The van der Waals surface area contributed by atoms with E-state index in [1.807, 2.05) is 13.0 Å². The van der Waals surface area contributed by atoms with E-state index in [-0.39, 0.29) is 0 Å². The first-order chi connectivity index (χ1) is 16.9. The largest absolute Gasteiger partial charge is 0.435 e. The Morgan fingerprint density at radius 2 is 1.31 bits per heavy atom. The Labute approximate surface area is 206 Å². The van der Waals surface area contributed by atoms with Gasteiger partial charge in [-0.2, -0.15) is 0 Å². The molecule has 0 aliphatic carbocycles. The lowest BCUT2D eigenvalue weighted by molar-refractivity contribution is 0.652. The lowest BCUT2D eigenvalue weighted by atomic mass is 9.92. The first-order valence-corrected chi connectivity index (χ1v) is 12.5. The predicted molar refractivity (Wildman–Crippen MR) is 146 cm³/mol. The molecule has 35 heavy (non-hydrogen) atoms. The normalized spacial score (nSPS) is 13.6. The number of nitrogens with zero attached hydrogens (tertiary/aromatic N) is 3. The number of hydrogen-bond acceptors (Lipinski definition) is 4. The second-order valence-corrected chi connectivity index (χ2v) is 10.1. The molecule has 0 saturated carbocycles. The third-order valence-corrected chi connectivity index (χ3v) is 7.13. The van der Waals surface area contributed by atoms with Crippen molar-refractivity contribution >= 4 is 44.8 Å². The Morgan fingerprint density at radius 3 is 2.00 bits per heavy atom. The average molecular weight is 462 g/mol. The molecule has 2 aromatic heterocycles. The van der Waals surface area contributed by atoms with Crippen molar-refractivity contribution in [1.82, 2.24) is 4.98 Å². The maximum Gasteiger partial charge on any atom is 0.227 e. The monoisotopic (exact) mass is 461 g/mol. The van der Waals surface area contributed by atoms with E-state index in [0.717, 1.165) is 34.4 Å². The molecule has 4 heteroatoms. The summed E-state index contributed by atoms with van der Waals surface area (Å²) in [5, 5.41) is 2.16. The van der Waals surface area contributed by atoms with Crippen LogP contribution in [-0.4, -0.2) is 11.7 Å². The van der Waals surface area contributed by atoms with Crippen molar-refractivity contribution < 1.29 is 4.42 Å². The molecule has 0 bridgehead atoms. The molecule has 5 aromatic rings. The van der Waals surface area contributed by atoms with Crippen molar-refractivity contribution in [3.8, 4) is 0 Å². The minimum absolute atomic E-state index is 0.429. The van der Waals surface area contributed by atoms with Gasteiger partial charge in [-0.1, -0.05) is 70.2 Å². The van der Waals surface area contributed by atoms with Crippen LogP contribution in [0.2, 0.25) is 0 Å². The van der Waals surface area contributed by atoms with E-state index in [4.69, 9.17) is 4.42 Å². The van der Waals surface area contributed by atoms with Gasteiger partial charge in [-0.3, -0.25) is 0 Å². The lowest BCUT2D eigenvalue weighted by Crippen LogP contribution is -2.26. The minimum Gasteiger partial charge on any atom is -0.435 e. The third kappa shape index (κ3) is 3.39. The zero-order chi connectivity index (χ0) is 24.3. The summed E-state index contributed by atoms with van der Waals surface area (Å²) in [6, 6.07) is 26.1. The average Bonchev–Trinajstić information content (AvgIpc) is 3.41. The van der Waals surface area contributed by atoms with Gasteiger partial charge >= 0.3 is 0 Å². The van der Waals surface area contributed by atoms with E-state index in [1.165, 1.54) is 28.2 Å². The fourth-order valence-corrected chi connectivity index (χ4v) is 5.40. The molecule has 0 saturated heterocycles. The SMILES string of the molecule is Cc1ccc2c(n1)oc1c(N3CN(c4c(C(C)C)cccc4C(C)C)c4ccccc43)cccc12. The van der Waals surface area contributed by atoms with Gasteiger partial charge in [-0.05, 0) is 60.2 Å². The van der Waals surface area contributed by atoms with Crippen molar-refractivity contribution in [3.05, 3.63) is 89.6 Å². The highest BCUT2D eigenvalue weighted by Crippen LogP contribution is 2.49. The Kier molecular flexibility index (Phi) is 5.06. The van der Waals surface area contributed by atoms with Crippen LogP contribution in [-0.2, 0) is 0 Å². The number of furan rings is 1. The number of hydrogen-bond donors (Lipinski definition) is 0. The molecule has 1 aliphatic heterocycles. The molecular formula is C31H31N3O. The number of aryl methyl sites for hydroxylation is 1. The Bertz CT molecular complexity index is 1540. The molecule has 3 heterocycles. The van der Waals surface area contributed by atoms with Crippen LogP contribution in [0.1, 0.15) is 56.4 Å². The smallest absolute Gasteiger partial charge is 0.227 e. The van der Waals surface area contributed by atoms with Crippen LogP contribution in [0.25, 0.3) is 22.1 Å². The van der Waals surface area contributed by atoms with E-state index in [0.29, 0.717) is 17.5 Å². The number of pyridine rings is 1. The zero-order valence-corrected chi connectivity index (χ0v) is 21.0. The van der Waals surface area contributed by atoms with E-state index in [9.17, 15) is 0 Å². The number of para-hydroxylation sites is 4. The summed E-state index contributed by atoms with van der Waals surface area (Å²) in [5.74, 6) is 0.857. The van der Waals surface area contributed by atoms with Crippen LogP contribution in [0.4, 0.5) is 22.7 Å². The van der Waals surface area contributed by atoms with Crippen molar-refractivity contribution in [1.29, 1.82) is 0 Å². The minimum atomic E-state index is 0.429. The van der Waals surface area contributed by atoms with E-state index in [1.54, 1.807) is 0 Å². The number of aromatic nitrogens is 1. The highest BCUT2D eigenvalue weighted by Gasteiger charge is 2.32. The summed E-state index contributed by atoms with van der Waals surface area (Å²) in [7, 11) is 0. The van der Waals surface area contributed by atoms with Gasteiger partial charge in [0.25, 0.3) is 0 Å². The maximum absolute atomic E-state index is 6.39. The summed E-state index contributed by atoms with van der Waals surface area (Å²) in [5.41, 5.74) is 10.1.